The predicted molar refractivity (Wildman–Crippen MR) is 143 cm³/mol. The van der Waals surface area contributed by atoms with E-state index in [0.29, 0.717) is 28.2 Å². The van der Waals surface area contributed by atoms with Crippen LogP contribution in [0.1, 0.15) is 42.4 Å². The number of fused-ring (bicyclic) bond motifs is 3. The first-order valence-electron chi connectivity index (χ1n) is 13.3. The van der Waals surface area contributed by atoms with E-state index in [4.69, 9.17) is 11.6 Å². The fraction of sp³-hybridized carbons (Fsp3) is 0.290. The van der Waals surface area contributed by atoms with Crippen molar-refractivity contribution in [1.82, 2.24) is 0 Å². The smallest absolute Gasteiger partial charge is 0.416 e. The summed E-state index contributed by atoms with van der Waals surface area (Å²) in [5, 5.41) is 9.98. The number of aromatic hydroxyl groups is 1. The second kappa shape index (κ2) is 9.91. The number of halogens is 7. The number of hydrogen-bond donors (Lipinski definition) is 1. The van der Waals surface area contributed by atoms with Crippen LogP contribution in [-0.2, 0) is 31.5 Å². The van der Waals surface area contributed by atoms with Crippen LogP contribution in [0.15, 0.2) is 70.8 Å². The third-order valence-corrected chi connectivity index (χ3v) is 9.02. The van der Waals surface area contributed by atoms with Gasteiger partial charge >= 0.3 is 12.4 Å². The number of imide groups is 1. The Morgan fingerprint density at radius 2 is 1.52 bits per heavy atom. The standard InChI is InChI=1S/C31H20ClF6NO5/c1-12-6-23(41)26-21(27(12)42)11-20-17(24(26)18-3-2-16(40)10-22(18)32)4-5-19-25(20)29(44)39(28(19)43)15-8-13(30(33,34)35)7-14(9-15)31(36,37)38/h2-4,6-10,19-20,24-25,40H,5,11H2,1H3/t19-,20+,24+,25-/m0/s1. The lowest BCUT2D eigenvalue weighted by Crippen LogP contribution is -2.40. The number of phenolic OH excluding ortho intramolecular Hbond substituents is 1. The van der Waals surface area contributed by atoms with Crippen molar-refractivity contribution in [2.75, 3.05) is 4.90 Å². The van der Waals surface area contributed by atoms with Crippen LogP contribution in [0.5, 0.6) is 5.75 Å². The van der Waals surface area contributed by atoms with Crippen LogP contribution in [0.25, 0.3) is 0 Å². The number of carbonyl (C=O) groups is 4. The van der Waals surface area contributed by atoms with Crippen molar-refractivity contribution < 1.29 is 50.6 Å². The number of nitrogens with zero attached hydrogens (tertiary/aromatic N) is 1. The molecule has 1 N–H and O–H groups in total. The van der Waals surface area contributed by atoms with Gasteiger partial charge in [0, 0.05) is 27.7 Å². The van der Waals surface area contributed by atoms with Gasteiger partial charge in [0.1, 0.15) is 5.75 Å². The van der Waals surface area contributed by atoms with E-state index in [9.17, 15) is 50.6 Å². The molecule has 6 rings (SSSR count). The maximum absolute atomic E-state index is 13.9. The van der Waals surface area contributed by atoms with Gasteiger partial charge in [0.2, 0.25) is 11.8 Å². The van der Waals surface area contributed by atoms with Gasteiger partial charge in [-0.2, -0.15) is 26.3 Å². The van der Waals surface area contributed by atoms with Crippen LogP contribution in [-0.4, -0.2) is 28.5 Å². The molecule has 4 aliphatic rings. The monoisotopic (exact) mass is 635 g/mol. The van der Waals surface area contributed by atoms with Gasteiger partial charge in [0.25, 0.3) is 0 Å². The van der Waals surface area contributed by atoms with Crippen molar-refractivity contribution in [2.45, 2.75) is 38.0 Å². The molecule has 2 aromatic carbocycles. The van der Waals surface area contributed by atoms with E-state index in [0.717, 1.165) is 0 Å². The molecule has 2 aromatic rings. The topological polar surface area (TPSA) is 91.8 Å². The Hall–Kier alpha value is -4.19. The second-order valence-electron chi connectivity index (χ2n) is 11.2. The lowest BCUT2D eigenvalue weighted by atomic mass is 9.59. The van der Waals surface area contributed by atoms with Crippen LogP contribution in [0.3, 0.4) is 0 Å². The average molecular weight is 636 g/mol. The minimum Gasteiger partial charge on any atom is -0.508 e. The summed E-state index contributed by atoms with van der Waals surface area (Å²) in [5.74, 6) is -7.33. The van der Waals surface area contributed by atoms with Crippen LogP contribution < -0.4 is 4.90 Å². The molecule has 6 nitrogen and oxygen atoms in total. The number of ketones is 2. The van der Waals surface area contributed by atoms with E-state index in [1.807, 2.05) is 0 Å². The highest BCUT2D eigenvalue weighted by Crippen LogP contribution is 2.56. The number of carbonyl (C=O) groups excluding carboxylic acids is 4. The summed E-state index contributed by atoms with van der Waals surface area (Å²) in [4.78, 5) is 54.5. The Labute approximate surface area is 250 Å². The molecule has 1 saturated heterocycles. The van der Waals surface area contributed by atoms with Crippen molar-refractivity contribution in [3.8, 4) is 5.75 Å². The average Bonchev–Trinajstić information content (AvgIpc) is 3.19. The molecule has 3 aliphatic carbocycles. The van der Waals surface area contributed by atoms with Gasteiger partial charge in [0.15, 0.2) is 11.6 Å². The SMILES string of the molecule is CC1=CC(=O)C2=C(C[C@@H]3C(=CC[C@@H]4C(=O)N(c5cc(C(F)(F)F)cc(C(F)(F)F)c5)C(=O)[C@@H]43)[C@@H]2c2ccc(O)cc2Cl)C1=O. The maximum Gasteiger partial charge on any atom is 0.416 e. The number of benzene rings is 2. The summed E-state index contributed by atoms with van der Waals surface area (Å²) >= 11 is 6.47. The summed E-state index contributed by atoms with van der Waals surface area (Å²) < 4.78 is 81.6. The molecule has 2 amide bonds. The Bertz CT molecular complexity index is 1750. The summed E-state index contributed by atoms with van der Waals surface area (Å²) in [6, 6.07) is 4.58. The Morgan fingerprint density at radius 1 is 0.886 bits per heavy atom. The highest BCUT2D eigenvalue weighted by atomic mass is 35.5. The highest BCUT2D eigenvalue weighted by molar-refractivity contribution is 6.32. The molecule has 4 atom stereocenters. The van der Waals surface area contributed by atoms with E-state index in [-0.39, 0.29) is 46.4 Å². The number of rotatable bonds is 2. The second-order valence-corrected chi connectivity index (χ2v) is 11.6. The molecule has 1 heterocycles. The van der Waals surface area contributed by atoms with Crippen LogP contribution in [0.4, 0.5) is 32.0 Å². The van der Waals surface area contributed by atoms with Crippen molar-refractivity contribution in [3.05, 3.63) is 92.6 Å². The summed E-state index contributed by atoms with van der Waals surface area (Å²) in [6.07, 6.45) is -7.86. The minimum absolute atomic E-state index is 0.0520. The third kappa shape index (κ3) is 4.58. The molecule has 0 spiro atoms. The van der Waals surface area contributed by atoms with Gasteiger partial charge in [-0.25, -0.2) is 4.90 Å². The van der Waals surface area contributed by atoms with E-state index >= 15 is 0 Å². The molecule has 1 aliphatic heterocycles. The molecule has 0 bridgehead atoms. The highest BCUT2D eigenvalue weighted by Gasteiger charge is 2.57. The largest absolute Gasteiger partial charge is 0.508 e. The number of hydrogen-bond acceptors (Lipinski definition) is 5. The number of amides is 2. The van der Waals surface area contributed by atoms with Gasteiger partial charge in [-0.05, 0) is 67.7 Å². The molecule has 1 fully saturated rings. The van der Waals surface area contributed by atoms with Crippen molar-refractivity contribution in [2.24, 2.45) is 17.8 Å². The molecule has 13 heteroatoms. The summed E-state index contributed by atoms with van der Waals surface area (Å²) in [7, 11) is 0. The fourth-order valence-corrected chi connectivity index (χ4v) is 7.09. The zero-order valence-electron chi connectivity index (χ0n) is 22.5. The number of allylic oxidation sites excluding steroid dienone is 6. The molecule has 0 radical (unpaired) electrons. The van der Waals surface area contributed by atoms with Gasteiger partial charge in [-0.3, -0.25) is 19.2 Å². The van der Waals surface area contributed by atoms with E-state index in [1.54, 1.807) is 6.08 Å². The van der Waals surface area contributed by atoms with Crippen molar-refractivity contribution in [3.63, 3.8) is 0 Å². The van der Waals surface area contributed by atoms with Crippen LogP contribution >= 0.6 is 11.6 Å². The molecular weight excluding hydrogens is 616 g/mol. The lowest BCUT2D eigenvalue weighted by molar-refractivity contribution is -0.143. The first-order valence-corrected chi connectivity index (χ1v) is 13.7. The summed E-state index contributed by atoms with van der Waals surface area (Å²) in [6.45, 7) is 1.44. The fourth-order valence-electron chi connectivity index (χ4n) is 6.81. The zero-order valence-corrected chi connectivity index (χ0v) is 23.3. The van der Waals surface area contributed by atoms with Crippen LogP contribution in [0.2, 0.25) is 5.02 Å². The number of phenols is 1. The molecule has 44 heavy (non-hydrogen) atoms. The lowest BCUT2D eigenvalue weighted by Gasteiger charge is -2.42. The quantitative estimate of drug-likeness (QED) is 0.171. The number of anilines is 1. The van der Waals surface area contributed by atoms with Gasteiger partial charge in [-0.15, -0.1) is 0 Å². The third-order valence-electron chi connectivity index (χ3n) is 8.69. The van der Waals surface area contributed by atoms with E-state index in [2.05, 4.69) is 0 Å². The Kier molecular flexibility index (Phi) is 6.73. The van der Waals surface area contributed by atoms with Crippen molar-refractivity contribution >= 4 is 40.7 Å². The first kappa shape index (κ1) is 29.9. The number of alkyl halides is 6. The molecule has 0 aromatic heterocycles. The first-order chi connectivity index (χ1) is 20.5. The van der Waals surface area contributed by atoms with E-state index in [1.165, 1.54) is 31.2 Å². The summed E-state index contributed by atoms with van der Waals surface area (Å²) in [5.41, 5.74) is -3.08. The molecule has 228 valence electrons. The van der Waals surface area contributed by atoms with Gasteiger partial charge in [-0.1, -0.05) is 29.3 Å². The zero-order chi connectivity index (χ0) is 32.0. The van der Waals surface area contributed by atoms with E-state index < -0.39 is 76.2 Å². The van der Waals surface area contributed by atoms with Gasteiger partial charge in [0.05, 0.1) is 28.7 Å². The maximum atomic E-state index is 13.9. The minimum atomic E-state index is -5.20. The normalized spacial score (nSPS) is 25.5. The predicted octanol–water partition coefficient (Wildman–Crippen LogP) is 6.72. The molecule has 0 unspecified atom stereocenters. The Morgan fingerprint density at radius 3 is 2.11 bits per heavy atom. The van der Waals surface area contributed by atoms with Crippen LogP contribution in [0, 0.1) is 17.8 Å². The Balaban J connectivity index is 1.49. The number of Topliss-reactive ketones (excluding diaryl/α,β-unsaturated/α-hetero) is 1. The van der Waals surface area contributed by atoms with Crippen molar-refractivity contribution in [1.29, 1.82) is 0 Å². The molecular formula is C31H20ClF6NO5. The molecule has 0 saturated carbocycles. The van der Waals surface area contributed by atoms with Gasteiger partial charge < -0.3 is 5.11 Å².